The van der Waals surface area contributed by atoms with Gasteiger partial charge in [-0.25, -0.2) is 9.67 Å². The molecular weight excluding hydrogens is 358 g/mol. The van der Waals surface area contributed by atoms with Crippen molar-refractivity contribution in [1.29, 1.82) is 5.26 Å². The van der Waals surface area contributed by atoms with Gasteiger partial charge in [0, 0.05) is 23.3 Å². The molecule has 0 atom stereocenters. The van der Waals surface area contributed by atoms with E-state index in [9.17, 15) is 5.26 Å². The Morgan fingerprint density at radius 3 is 2.69 bits per heavy atom. The maximum absolute atomic E-state index is 9.53. The Bertz CT molecular complexity index is 1410. The number of benzene rings is 2. The molecule has 0 saturated carbocycles. The van der Waals surface area contributed by atoms with Crippen LogP contribution >= 0.6 is 0 Å². The maximum Gasteiger partial charge on any atom is 0.163 e. The maximum atomic E-state index is 9.53. The molecule has 0 bridgehead atoms. The van der Waals surface area contributed by atoms with Gasteiger partial charge in [0.15, 0.2) is 5.65 Å². The van der Waals surface area contributed by atoms with E-state index in [0.29, 0.717) is 5.56 Å². The third-order valence-electron chi connectivity index (χ3n) is 5.13. The van der Waals surface area contributed by atoms with Crippen LogP contribution in [0, 0.1) is 11.3 Å². The minimum Gasteiger partial charge on any atom is -0.256 e. The van der Waals surface area contributed by atoms with Crippen LogP contribution in [0.5, 0.6) is 0 Å². The highest BCUT2D eigenvalue weighted by Crippen LogP contribution is 2.33. The lowest BCUT2D eigenvalue weighted by molar-refractivity contribution is 0.852. The van der Waals surface area contributed by atoms with Crippen LogP contribution in [0.25, 0.3) is 38.8 Å². The molecule has 5 aromatic rings. The van der Waals surface area contributed by atoms with Gasteiger partial charge < -0.3 is 0 Å². The number of aromatic nitrogens is 4. The molecule has 3 aromatic heterocycles. The molecule has 5 rings (SSSR count). The van der Waals surface area contributed by atoms with Gasteiger partial charge in [0.25, 0.3) is 0 Å². The van der Waals surface area contributed by atoms with E-state index in [2.05, 4.69) is 35.1 Å². The first kappa shape index (κ1) is 17.1. The lowest BCUT2D eigenvalue weighted by Gasteiger charge is -2.07. The average Bonchev–Trinajstić information content (AvgIpc) is 3.17. The monoisotopic (exact) mass is 375 g/mol. The lowest BCUT2D eigenvalue weighted by Crippen LogP contribution is -2.00. The minimum absolute atomic E-state index is 0.569. The molecule has 0 saturated heterocycles. The molecule has 0 amide bonds. The number of aryl methyl sites for hydroxylation is 1. The molecule has 0 aliphatic rings. The van der Waals surface area contributed by atoms with Gasteiger partial charge in [-0.3, -0.25) is 4.98 Å². The molecular formula is C24H17N5. The van der Waals surface area contributed by atoms with Gasteiger partial charge in [0.2, 0.25) is 0 Å². The van der Waals surface area contributed by atoms with Crippen molar-refractivity contribution in [2.45, 2.75) is 13.3 Å². The predicted molar refractivity (Wildman–Crippen MR) is 114 cm³/mol. The predicted octanol–water partition coefficient (Wildman–Crippen LogP) is 5.07. The second-order valence-electron chi connectivity index (χ2n) is 6.81. The number of nitrogens with zero attached hydrogens (tertiary/aromatic N) is 5. The lowest BCUT2D eigenvalue weighted by atomic mass is 10.0. The number of hydrogen-bond acceptors (Lipinski definition) is 4. The van der Waals surface area contributed by atoms with Crippen molar-refractivity contribution in [2.24, 2.45) is 0 Å². The van der Waals surface area contributed by atoms with E-state index >= 15 is 0 Å². The first-order valence-corrected chi connectivity index (χ1v) is 9.51. The Morgan fingerprint density at radius 1 is 1.00 bits per heavy atom. The van der Waals surface area contributed by atoms with Gasteiger partial charge in [-0.05, 0) is 42.3 Å². The van der Waals surface area contributed by atoms with Gasteiger partial charge in [0.05, 0.1) is 27.8 Å². The number of pyridine rings is 2. The fraction of sp³-hybridized carbons (Fsp3) is 0.0833. The van der Waals surface area contributed by atoms with Crippen molar-refractivity contribution >= 4 is 21.9 Å². The SMILES string of the molecule is CCc1nn(-c2ccccc2C#N)c2nccc(-c3cnc4ccccc4c3)c12. The smallest absolute Gasteiger partial charge is 0.163 e. The Morgan fingerprint density at radius 2 is 1.83 bits per heavy atom. The summed E-state index contributed by atoms with van der Waals surface area (Å²) >= 11 is 0. The Hall–Kier alpha value is -4.04. The van der Waals surface area contributed by atoms with Crippen LogP contribution in [0.2, 0.25) is 0 Å². The standard InChI is InChI=1S/C24H17N5/c1-2-20-23-19(18-13-16-7-3-5-9-21(16)27-15-18)11-12-26-24(23)29(28-20)22-10-6-4-8-17(22)14-25/h3-13,15H,2H2,1H3. The van der Waals surface area contributed by atoms with Crippen LogP contribution in [0.15, 0.2) is 73.1 Å². The summed E-state index contributed by atoms with van der Waals surface area (Å²) < 4.78 is 1.78. The van der Waals surface area contributed by atoms with Gasteiger partial charge in [-0.2, -0.15) is 10.4 Å². The molecule has 2 aromatic carbocycles. The Labute approximate surface area is 167 Å². The van der Waals surface area contributed by atoms with E-state index in [1.54, 1.807) is 16.9 Å². The zero-order valence-electron chi connectivity index (χ0n) is 15.9. The number of hydrogen-bond donors (Lipinski definition) is 0. The molecule has 0 radical (unpaired) electrons. The molecule has 0 aliphatic carbocycles. The van der Waals surface area contributed by atoms with Crippen molar-refractivity contribution in [2.75, 3.05) is 0 Å². The zero-order chi connectivity index (χ0) is 19.8. The van der Waals surface area contributed by atoms with Crippen LogP contribution in [-0.2, 0) is 6.42 Å². The van der Waals surface area contributed by atoms with Gasteiger partial charge in [-0.15, -0.1) is 0 Å². The largest absolute Gasteiger partial charge is 0.256 e. The topological polar surface area (TPSA) is 67.4 Å². The summed E-state index contributed by atoms with van der Waals surface area (Å²) in [6.07, 6.45) is 4.45. The van der Waals surface area contributed by atoms with Gasteiger partial charge >= 0.3 is 0 Å². The second-order valence-corrected chi connectivity index (χ2v) is 6.81. The molecule has 5 nitrogen and oxygen atoms in total. The van der Waals surface area contributed by atoms with Crippen LogP contribution in [0.3, 0.4) is 0 Å². The van der Waals surface area contributed by atoms with E-state index in [4.69, 9.17) is 5.10 Å². The molecule has 0 aliphatic heterocycles. The zero-order valence-corrected chi connectivity index (χ0v) is 15.9. The fourth-order valence-corrected chi connectivity index (χ4v) is 3.74. The molecule has 0 fully saturated rings. The van der Waals surface area contributed by atoms with E-state index in [1.807, 2.05) is 48.7 Å². The molecule has 0 N–H and O–H groups in total. The van der Waals surface area contributed by atoms with Crippen LogP contribution in [0.1, 0.15) is 18.2 Å². The van der Waals surface area contributed by atoms with Crippen molar-refractivity contribution in [3.05, 3.63) is 84.3 Å². The van der Waals surface area contributed by atoms with Gasteiger partial charge in [-0.1, -0.05) is 37.3 Å². The summed E-state index contributed by atoms with van der Waals surface area (Å²) in [7, 11) is 0. The van der Waals surface area contributed by atoms with E-state index in [-0.39, 0.29) is 0 Å². The third-order valence-corrected chi connectivity index (χ3v) is 5.13. The van der Waals surface area contributed by atoms with E-state index in [0.717, 1.165) is 50.9 Å². The molecule has 3 heterocycles. The Balaban J connectivity index is 1.80. The van der Waals surface area contributed by atoms with Crippen molar-refractivity contribution < 1.29 is 0 Å². The summed E-state index contributed by atoms with van der Waals surface area (Å²) in [5, 5.41) is 16.4. The molecule has 29 heavy (non-hydrogen) atoms. The van der Waals surface area contributed by atoms with Crippen LogP contribution in [0.4, 0.5) is 0 Å². The first-order valence-electron chi connectivity index (χ1n) is 9.51. The van der Waals surface area contributed by atoms with Crippen molar-refractivity contribution in [3.63, 3.8) is 0 Å². The van der Waals surface area contributed by atoms with Crippen LogP contribution in [-0.4, -0.2) is 19.7 Å². The number of nitriles is 1. The average molecular weight is 375 g/mol. The normalized spacial score (nSPS) is 11.0. The molecule has 5 heteroatoms. The number of fused-ring (bicyclic) bond motifs is 2. The summed E-state index contributed by atoms with van der Waals surface area (Å²) in [6, 6.07) is 22.0. The van der Waals surface area contributed by atoms with Crippen LogP contribution < -0.4 is 0 Å². The highest BCUT2D eigenvalue weighted by Gasteiger charge is 2.18. The van der Waals surface area contributed by atoms with Gasteiger partial charge in [0.1, 0.15) is 6.07 Å². The highest BCUT2D eigenvalue weighted by atomic mass is 15.3. The minimum atomic E-state index is 0.569. The van der Waals surface area contributed by atoms with Crippen molar-refractivity contribution in [1.82, 2.24) is 19.7 Å². The highest BCUT2D eigenvalue weighted by molar-refractivity contribution is 5.97. The number of para-hydroxylation sites is 2. The third kappa shape index (κ3) is 2.74. The molecule has 138 valence electrons. The molecule has 0 spiro atoms. The van der Waals surface area contributed by atoms with E-state index in [1.165, 1.54) is 0 Å². The summed E-state index contributed by atoms with van der Waals surface area (Å²) in [5.74, 6) is 0. The quantitative estimate of drug-likeness (QED) is 0.441. The molecule has 0 unspecified atom stereocenters. The number of rotatable bonds is 3. The van der Waals surface area contributed by atoms with Crippen molar-refractivity contribution in [3.8, 4) is 22.9 Å². The summed E-state index contributed by atoms with van der Waals surface area (Å²) in [6.45, 7) is 2.08. The first-order chi connectivity index (χ1) is 14.3. The summed E-state index contributed by atoms with van der Waals surface area (Å²) in [4.78, 5) is 9.24. The fourth-order valence-electron chi connectivity index (χ4n) is 3.74. The van der Waals surface area contributed by atoms with E-state index < -0.39 is 0 Å². The second kappa shape index (κ2) is 6.84. The summed E-state index contributed by atoms with van der Waals surface area (Å²) in [5.41, 5.74) is 6.04. The Kier molecular flexibility index (Phi) is 4.03.